The van der Waals surface area contributed by atoms with Crippen LogP contribution in [-0.2, 0) is 5.41 Å². The molecule has 0 N–H and O–H groups in total. The van der Waals surface area contributed by atoms with Gasteiger partial charge in [0.05, 0.1) is 11.4 Å². The van der Waals surface area contributed by atoms with Gasteiger partial charge in [-0.2, -0.15) is 0 Å². The topological polar surface area (TPSA) is 25.8 Å². The van der Waals surface area contributed by atoms with Crippen LogP contribution in [0, 0.1) is 6.92 Å². The Balaban J connectivity index is 1.11. The van der Waals surface area contributed by atoms with Gasteiger partial charge >= 0.3 is 0 Å². The van der Waals surface area contributed by atoms with Crippen molar-refractivity contribution in [3.05, 3.63) is 193 Å². The third-order valence-electron chi connectivity index (χ3n) is 10.7. The molecule has 0 fully saturated rings. The highest BCUT2D eigenvalue weighted by Gasteiger charge is 2.35. The molecule has 1 heterocycles. The van der Waals surface area contributed by atoms with Crippen molar-refractivity contribution in [3.63, 3.8) is 0 Å². The molecular weight excluding hydrogens is 629 g/mol. The average molecular weight is 667 g/mol. The summed E-state index contributed by atoms with van der Waals surface area (Å²) in [4.78, 5) is 10.5. The fourth-order valence-corrected chi connectivity index (χ4v) is 7.91. The Morgan fingerprint density at radius 3 is 1.50 bits per heavy atom. The maximum atomic E-state index is 5.30. The minimum absolute atomic E-state index is 0.00298. The van der Waals surface area contributed by atoms with Gasteiger partial charge in [-0.3, -0.25) is 0 Å². The van der Waals surface area contributed by atoms with Gasteiger partial charge in [0.1, 0.15) is 0 Å². The standard InChI is InChI=1S/C50H38N2/c1-33-47(38-16-8-5-9-17-38)51-49(39-28-24-35(25-29-39)34-14-6-4-7-15-34)52-48(33)43-20-11-10-18-41(43)37-26-22-36(23-27-37)40-30-31-46-44(32-40)42-19-12-13-21-45(42)50(46,2)3/h4-32H,1-3H3. The number of aromatic nitrogens is 2. The number of rotatable bonds is 6. The summed E-state index contributed by atoms with van der Waals surface area (Å²) in [5, 5.41) is 0. The summed E-state index contributed by atoms with van der Waals surface area (Å²) in [6.45, 7) is 6.81. The van der Waals surface area contributed by atoms with Crippen LogP contribution in [0.4, 0.5) is 0 Å². The fourth-order valence-electron chi connectivity index (χ4n) is 7.91. The van der Waals surface area contributed by atoms with E-state index in [0.29, 0.717) is 5.82 Å². The van der Waals surface area contributed by atoms with E-state index in [-0.39, 0.29) is 5.41 Å². The largest absolute Gasteiger partial charge is 0.228 e. The zero-order valence-corrected chi connectivity index (χ0v) is 29.6. The van der Waals surface area contributed by atoms with E-state index in [9.17, 15) is 0 Å². The summed E-state index contributed by atoms with van der Waals surface area (Å²) in [5.74, 6) is 0.713. The first-order valence-electron chi connectivity index (χ1n) is 18.0. The smallest absolute Gasteiger partial charge is 0.160 e. The van der Waals surface area contributed by atoms with E-state index < -0.39 is 0 Å². The molecule has 0 aliphatic heterocycles. The second kappa shape index (κ2) is 12.7. The van der Waals surface area contributed by atoms with Crippen molar-refractivity contribution < 1.29 is 0 Å². The lowest BCUT2D eigenvalue weighted by atomic mass is 9.82. The lowest BCUT2D eigenvalue weighted by Crippen LogP contribution is -2.14. The molecule has 0 atom stereocenters. The molecule has 248 valence electrons. The molecular formula is C50H38N2. The van der Waals surface area contributed by atoms with Gasteiger partial charge in [0, 0.05) is 27.7 Å². The number of hydrogen-bond acceptors (Lipinski definition) is 2. The van der Waals surface area contributed by atoms with Crippen molar-refractivity contribution in [2.45, 2.75) is 26.2 Å². The Kier molecular flexibility index (Phi) is 7.74. The number of hydrogen-bond donors (Lipinski definition) is 0. The first-order valence-corrected chi connectivity index (χ1v) is 18.0. The molecule has 0 saturated carbocycles. The summed E-state index contributed by atoms with van der Waals surface area (Å²) in [6.07, 6.45) is 0. The molecule has 0 spiro atoms. The molecule has 1 aromatic heterocycles. The normalized spacial score (nSPS) is 12.7. The van der Waals surface area contributed by atoms with Gasteiger partial charge in [-0.1, -0.05) is 184 Å². The molecule has 0 bridgehead atoms. The van der Waals surface area contributed by atoms with Gasteiger partial charge < -0.3 is 0 Å². The van der Waals surface area contributed by atoms with Gasteiger partial charge in [0.25, 0.3) is 0 Å². The van der Waals surface area contributed by atoms with Crippen molar-refractivity contribution in [2.75, 3.05) is 0 Å². The van der Waals surface area contributed by atoms with E-state index in [2.05, 4.69) is 185 Å². The Morgan fingerprint density at radius 2 is 0.808 bits per heavy atom. The monoisotopic (exact) mass is 666 g/mol. The molecule has 0 amide bonds. The fraction of sp³-hybridized carbons (Fsp3) is 0.0800. The predicted octanol–water partition coefficient (Wildman–Crippen LogP) is 13.1. The second-order valence-electron chi connectivity index (χ2n) is 14.2. The molecule has 7 aromatic carbocycles. The van der Waals surface area contributed by atoms with Crippen LogP contribution < -0.4 is 0 Å². The van der Waals surface area contributed by atoms with E-state index in [4.69, 9.17) is 9.97 Å². The van der Waals surface area contributed by atoms with Crippen molar-refractivity contribution >= 4 is 0 Å². The Labute approximate surface area is 306 Å². The van der Waals surface area contributed by atoms with E-state index in [1.165, 1.54) is 44.5 Å². The third kappa shape index (κ3) is 5.45. The van der Waals surface area contributed by atoms with Crippen LogP contribution >= 0.6 is 0 Å². The maximum Gasteiger partial charge on any atom is 0.160 e. The summed E-state index contributed by atoms with van der Waals surface area (Å²) < 4.78 is 0. The second-order valence-corrected chi connectivity index (χ2v) is 14.2. The maximum absolute atomic E-state index is 5.30. The summed E-state index contributed by atoms with van der Waals surface area (Å²) in [6, 6.07) is 62.9. The van der Waals surface area contributed by atoms with Crippen LogP contribution in [-0.4, -0.2) is 9.97 Å². The molecule has 52 heavy (non-hydrogen) atoms. The Hall–Kier alpha value is -6.38. The minimum atomic E-state index is 0.00298. The van der Waals surface area contributed by atoms with E-state index in [1.54, 1.807) is 0 Å². The zero-order chi connectivity index (χ0) is 35.2. The first-order chi connectivity index (χ1) is 25.5. The third-order valence-corrected chi connectivity index (χ3v) is 10.7. The summed E-state index contributed by atoms with van der Waals surface area (Å²) in [5.41, 5.74) is 18.7. The number of fused-ring (bicyclic) bond motifs is 3. The molecule has 0 unspecified atom stereocenters. The Morgan fingerprint density at radius 1 is 0.346 bits per heavy atom. The summed E-state index contributed by atoms with van der Waals surface area (Å²) in [7, 11) is 0. The van der Waals surface area contributed by atoms with Gasteiger partial charge in [-0.05, 0) is 68.6 Å². The molecule has 0 saturated heterocycles. The van der Waals surface area contributed by atoms with Crippen molar-refractivity contribution in [1.29, 1.82) is 0 Å². The quantitative estimate of drug-likeness (QED) is 0.176. The van der Waals surface area contributed by atoms with Crippen LogP contribution in [0.1, 0.15) is 30.5 Å². The highest BCUT2D eigenvalue weighted by atomic mass is 14.9. The summed E-state index contributed by atoms with van der Waals surface area (Å²) >= 11 is 0. The lowest BCUT2D eigenvalue weighted by Gasteiger charge is -2.21. The number of benzene rings is 7. The average Bonchev–Trinajstić information content (AvgIpc) is 3.44. The van der Waals surface area contributed by atoms with Gasteiger partial charge in [-0.25, -0.2) is 9.97 Å². The molecule has 0 radical (unpaired) electrons. The Bertz CT molecular complexity index is 2570. The van der Waals surface area contributed by atoms with E-state index in [0.717, 1.165) is 44.8 Å². The highest BCUT2D eigenvalue weighted by molar-refractivity contribution is 5.88. The van der Waals surface area contributed by atoms with E-state index >= 15 is 0 Å². The van der Waals surface area contributed by atoms with Crippen LogP contribution in [0.3, 0.4) is 0 Å². The van der Waals surface area contributed by atoms with E-state index in [1.807, 2.05) is 12.1 Å². The molecule has 1 aliphatic rings. The lowest BCUT2D eigenvalue weighted by molar-refractivity contribution is 0.660. The first kappa shape index (κ1) is 31.6. The highest BCUT2D eigenvalue weighted by Crippen LogP contribution is 2.49. The van der Waals surface area contributed by atoms with Crippen molar-refractivity contribution in [2.24, 2.45) is 0 Å². The van der Waals surface area contributed by atoms with Gasteiger partial charge in [0.15, 0.2) is 5.82 Å². The van der Waals surface area contributed by atoms with Crippen LogP contribution in [0.2, 0.25) is 0 Å². The molecule has 2 heteroatoms. The molecule has 8 aromatic rings. The number of nitrogens with zero attached hydrogens (tertiary/aromatic N) is 2. The molecule has 2 nitrogen and oxygen atoms in total. The van der Waals surface area contributed by atoms with Gasteiger partial charge in [-0.15, -0.1) is 0 Å². The van der Waals surface area contributed by atoms with Crippen LogP contribution in [0.5, 0.6) is 0 Å². The van der Waals surface area contributed by atoms with Crippen molar-refractivity contribution in [1.82, 2.24) is 9.97 Å². The molecule has 1 aliphatic carbocycles. The minimum Gasteiger partial charge on any atom is -0.228 e. The van der Waals surface area contributed by atoms with Gasteiger partial charge in [0.2, 0.25) is 0 Å². The van der Waals surface area contributed by atoms with Crippen molar-refractivity contribution in [3.8, 4) is 78.4 Å². The van der Waals surface area contributed by atoms with Crippen LogP contribution in [0.15, 0.2) is 176 Å². The molecule has 9 rings (SSSR count). The van der Waals surface area contributed by atoms with Crippen LogP contribution in [0.25, 0.3) is 78.4 Å². The zero-order valence-electron chi connectivity index (χ0n) is 29.6. The SMILES string of the molecule is Cc1c(-c2ccccc2)nc(-c2ccc(-c3ccccc3)cc2)nc1-c1ccccc1-c1ccc(-c2ccc3c(c2)-c2ccccc2C3(C)C)cc1. The predicted molar refractivity (Wildman–Crippen MR) is 217 cm³/mol.